The molecule has 0 spiro atoms. The Balaban J connectivity index is 1.92. The molecule has 0 fully saturated rings. The summed E-state index contributed by atoms with van der Waals surface area (Å²) < 4.78 is 0. The first kappa shape index (κ1) is 24.0. The van der Waals surface area contributed by atoms with Gasteiger partial charge in [-0.1, -0.05) is 103 Å². The van der Waals surface area contributed by atoms with E-state index in [0.717, 1.165) is 22.3 Å². The summed E-state index contributed by atoms with van der Waals surface area (Å²) in [6.45, 7) is 4.70. The van der Waals surface area contributed by atoms with Gasteiger partial charge in [0.15, 0.2) is 17.3 Å². The first-order valence-corrected chi connectivity index (χ1v) is 11.7. The lowest BCUT2D eigenvalue weighted by molar-refractivity contribution is 0.100. The summed E-state index contributed by atoms with van der Waals surface area (Å²) in [5.74, 6) is -0.0492. The van der Waals surface area contributed by atoms with Crippen LogP contribution in [0.3, 0.4) is 0 Å². The molecule has 0 bridgehead atoms. The maximum absolute atomic E-state index is 11.9. The van der Waals surface area contributed by atoms with E-state index in [1.807, 2.05) is 91.0 Å². The van der Waals surface area contributed by atoms with Crippen LogP contribution in [-0.4, -0.2) is 17.3 Å². The first-order valence-electron chi connectivity index (χ1n) is 11.7. The Bertz CT molecular complexity index is 1280. The van der Waals surface area contributed by atoms with E-state index in [9.17, 15) is 14.4 Å². The van der Waals surface area contributed by atoms with Crippen molar-refractivity contribution in [1.82, 2.24) is 0 Å². The van der Waals surface area contributed by atoms with E-state index in [4.69, 9.17) is 0 Å². The van der Waals surface area contributed by atoms with Crippen LogP contribution in [0.5, 0.6) is 0 Å². The zero-order chi connectivity index (χ0) is 24.9. The van der Waals surface area contributed by atoms with Crippen molar-refractivity contribution in [3.05, 3.63) is 142 Å². The van der Waals surface area contributed by atoms with Gasteiger partial charge in [0.2, 0.25) is 0 Å². The van der Waals surface area contributed by atoms with Crippen molar-refractivity contribution in [1.29, 1.82) is 0 Å². The number of hydrogen-bond donors (Lipinski definition) is 0. The Morgan fingerprint density at radius 2 is 0.657 bits per heavy atom. The van der Waals surface area contributed by atoms with E-state index >= 15 is 0 Å². The molecule has 35 heavy (non-hydrogen) atoms. The number of carbonyl (C=O) groups excluding carboxylic acids is 3. The highest BCUT2D eigenvalue weighted by Crippen LogP contribution is 2.43. The summed E-state index contributed by atoms with van der Waals surface area (Å²) in [7, 11) is 0. The Hall–Kier alpha value is -4.11. The molecule has 0 heterocycles. The normalized spacial score (nSPS) is 11.8. The van der Waals surface area contributed by atoms with Gasteiger partial charge in [0, 0.05) is 28.5 Å². The van der Waals surface area contributed by atoms with Gasteiger partial charge in [-0.15, -0.1) is 0 Å². The fraction of sp³-hybridized carbons (Fsp3) is 0.156. The van der Waals surface area contributed by atoms with Crippen LogP contribution in [-0.2, 0) is 0 Å². The number of benzene rings is 4. The van der Waals surface area contributed by atoms with Gasteiger partial charge >= 0.3 is 0 Å². The predicted octanol–water partition coefficient (Wildman–Crippen LogP) is 7.26. The number of hydrogen-bond acceptors (Lipinski definition) is 3. The molecule has 3 heteroatoms. The summed E-state index contributed by atoms with van der Waals surface area (Å²) in [5.41, 5.74) is 6.36. The molecule has 174 valence electrons. The summed E-state index contributed by atoms with van der Waals surface area (Å²) in [6.07, 6.45) is 0. The molecule has 1 unspecified atom stereocenters. The standard InChI is InChI=1S/C32H28O3/c1-21(33)24-9-15-28(16-10-24)31(27-7-5-4-6-8-27)32(29-17-11-25(12-18-29)22(2)34)30-19-13-26(14-20-30)23(3)35/h4-20,31-32H,1-3H3. The fourth-order valence-corrected chi connectivity index (χ4v) is 4.59. The van der Waals surface area contributed by atoms with Gasteiger partial charge in [0.25, 0.3) is 0 Å². The van der Waals surface area contributed by atoms with Crippen LogP contribution in [0.2, 0.25) is 0 Å². The van der Waals surface area contributed by atoms with Crippen LogP contribution in [0.25, 0.3) is 0 Å². The quantitative estimate of drug-likeness (QED) is 0.260. The number of rotatable bonds is 8. The largest absolute Gasteiger partial charge is 0.295 e. The number of Topliss-reactive ketones (excluding diaryl/α,β-unsaturated/α-hetero) is 3. The molecule has 4 aromatic carbocycles. The molecule has 0 saturated heterocycles. The molecule has 3 nitrogen and oxygen atoms in total. The van der Waals surface area contributed by atoms with E-state index in [1.54, 1.807) is 20.8 Å². The van der Waals surface area contributed by atoms with Gasteiger partial charge in [-0.3, -0.25) is 14.4 Å². The van der Waals surface area contributed by atoms with Gasteiger partial charge in [-0.2, -0.15) is 0 Å². The van der Waals surface area contributed by atoms with Crippen molar-refractivity contribution in [2.24, 2.45) is 0 Å². The average Bonchev–Trinajstić information content (AvgIpc) is 2.88. The summed E-state index contributed by atoms with van der Waals surface area (Å²) in [4.78, 5) is 35.7. The molecule has 0 radical (unpaired) electrons. The van der Waals surface area contributed by atoms with E-state index in [2.05, 4.69) is 12.1 Å². The number of carbonyl (C=O) groups is 3. The second kappa shape index (κ2) is 10.4. The highest BCUT2D eigenvalue weighted by Gasteiger charge is 2.28. The zero-order valence-electron chi connectivity index (χ0n) is 20.2. The van der Waals surface area contributed by atoms with Crippen molar-refractivity contribution >= 4 is 17.3 Å². The monoisotopic (exact) mass is 460 g/mol. The minimum Gasteiger partial charge on any atom is -0.295 e. The first-order chi connectivity index (χ1) is 16.8. The number of ketones is 3. The molecule has 0 saturated carbocycles. The van der Waals surface area contributed by atoms with Crippen LogP contribution >= 0.6 is 0 Å². The van der Waals surface area contributed by atoms with Gasteiger partial charge in [0.05, 0.1) is 0 Å². The van der Waals surface area contributed by atoms with Crippen molar-refractivity contribution in [2.45, 2.75) is 32.6 Å². The third-order valence-corrected chi connectivity index (χ3v) is 6.52. The SMILES string of the molecule is CC(=O)c1ccc(C(c2ccccc2)C(c2ccc(C(C)=O)cc2)c2ccc(C(C)=O)cc2)cc1. The minimum absolute atomic E-state index is 0.0262. The molecule has 4 aromatic rings. The summed E-state index contributed by atoms with van der Waals surface area (Å²) in [6, 6.07) is 33.6. The topological polar surface area (TPSA) is 51.2 Å². The van der Waals surface area contributed by atoms with Crippen molar-refractivity contribution in [2.75, 3.05) is 0 Å². The van der Waals surface area contributed by atoms with Gasteiger partial charge in [0.1, 0.15) is 0 Å². The van der Waals surface area contributed by atoms with E-state index in [1.165, 1.54) is 0 Å². The van der Waals surface area contributed by atoms with Gasteiger partial charge < -0.3 is 0 Å². The minimum atomic E-state index is -0.0809. The Kier molecular flexibility index (Phi) is 7.17. The Labute approximate surface area is 206 Å². The fourth-order valence-electron chi connectivity index (χ4n) is 4.59. The molecular weight excluding hydrogens is 432 g/mol. The molecule has 4 rings (SSSR count). The second-order valence-electron chi connectivity index (χ2n) is 8.90. The molecular formula is C32H28O3. The maximum atomic E-state index is 11.9. The van der Waals surface area contributed by atoms with Gasteiger partial charge in [-0.25, -0.2) is 0 Å². The summed E-state index contributed by atoms with van der Waals surface area (Å²) >= 11 is 0. The van der Waals surface area contributed by atoms with Crippen LogP contribution < -0.4 is 0 Å². The van der Waals surface area contributed by atoms with Crippen LogP contribution in [0.4, 0.5) is 0 Å². The van der Waals surface area contributed by atoms with Crippen molar-refractivity contribution in [3.63, 3.8) is 0 Å². The highest BCUT2D eigenvalue weighted by molar-refractivity contribution is 5.95. The molecule has 0 aliphatic carbocycles. The van der Waals surface area contributed by atoms with Gasteiger partial charge in [-0.05, 0) is 43.0 Å². The van der Waals surface area contributed by atoms with Crippen LogP contribution in [0.15, 0.2) is 103 Å². The lowest BCUT2D eigenvalue weighted by Gasteiger charge is -2.30. The lowest BCUT2D eigenvalue weighted by atomic mass is 9.73. The predicted molar refractivity (Wildman–Crippen MR) is 139 cm³/mol. The third-order valence-electron chi connectivity index (χ3n) is 6.52. The van der Waals surface area contributed by atoms with E-state index < -0.39 is 0 Å². The smallest absolute Gasteiger partial charge is 0.159 e. The Morgan fingerprint density at radius 3 is 0.914 bits per heavy atom. The molecule has 0 aromatic heterocycles. The summed E-state index contributed by atoms with van der Waals surface area (Å²) in [5, 5.41) is 0. The Morgan fingerprint density at radius 1 is 0.400 bits per heavy atom. The molecule has 0 aliphatic heterocycles. The van der Waals surface area contributed by atoms with Crippen molar-refractivity contribution < 1.29 is 14.4 Å². The van der Waals surface area contributed by atoms with Crippen LogP contribution in [0, 0.1) is 0 Å². The molecule has 0 aliphatic rings. The average molecular weight is 461 g/mol. The maximum Gasteiger partial charge on any atom is 0.159 e. The zero-order valence-corrected chi connectivity index (χ0v) is 20.2. The molecule has 0 amide bonds. The third kappa shape index (κ3) is 5.36. The van der Waals surface area contributed by atoms with Crippen molar-refractivity contribution in [3.8, 4) is 0 Å². The van der Waals surface area contributed by atoms with Crippen LogP contribution in [0.1, 0.15) is 85.9 Å². The molecule has 0 N–H and O–H groups in total. The lowest BCUT2D eigenvalue weighted by Crippen LogP contribution is -2.15. The van der Waals surface area contributed by atoms with E-state index in [0.29, 0.717) is 16.7 Å². The second-order valence-corrected chi connectivity index (χ2v) is 8.90. The van der Waals surface area contributed by atoms with E-state index in [-0.39, 0.29) is 29.2 Å². The molecule has 1 atom stereocenters. The highest BCUT2D eigenvalue weighted by atomic mass is 16.1.